The van der Waals surface area contributed by atoms with Crippen LogP contribution in [0.1, 0.15) is 20.8 Å². The van der Waals surface area contributed by atoms with Crippen molar-refractivity contribution < 1.29 is 14.7 Å². The molecule has 1 aromatic carbocycles. The summed E-state index contributed by atoms with van der Waals surface area (Å²) in [5.41, 5.74) is 1.84. The second-order valence-corrected chi connectivity index (χ2v) is 6.45. The predicted molar refractivity (Wildman–Crippen MR) is 83.4 cm³/mol. The third kappa shape index (κ3) is 2.55. The summed E-state index contributed by atoms with van der Waals surface area (Å²) in [5, 5.41) is 12.3. The van der Waals surface area contributed by atoms with Crippen molar-refractivity contribution in [3.8, 4) is 0 Å². The minimum Gasteiger partial charge on any atom is -0.478 e. The summed E-state index contributed by atoms with van der Waals surface area (Å²) in [5.74, 6) is -1.44. The van der Waals surface area contributed by atoms with Gasteiger partial charge in [-0.15, -0.1) is 11.3 Å². The zero-order valence-electron chi connectivity index (χ0n) is 10.3. The number of carbonyl (C=O) groups is 2. The van der Waals surface area contributed by atoms with E-state index in [1.54, 1.807) is 18.2 Å². The number of rotatable bonds is 1. The van der Waals surface area contributed by atoms with Crippen molar-refractivity contribution in [2.24, 2.45) is 0 Å². The molecule has 2 aromatic rings. The first-order valence-corrected chi connectivity index (χ1v) is 7.38. The third-order valence-corrected chi connectivity index (χ3v) is 4.51. The fourth-order valence-electron chi connectivity index (χ4n) is 2.16. The van der Waals surface area contributed by atoms with E-state index >= 15 is 0 Å². The number of aliphatic carboxylic acids is 1. The molecular formula is C14H7Cl2NO3S. The van der Waals surface area contributed by atoms with Crippen LogP contribution in [0.15, 0.2) is 30.3 Å². The fraction of sp³-hybridized carbons (Fsp3) is 0. The molecule has 0 saturated carbocycles. The molecule has 1 aliphatic rings. The highest BCUT2D eigenvalue weighted by atomic mass is 35.5. The molecule has 0 aliphatic carbocycles. The van der Waals surface area contributed by atoms with Gasteiger partial charge in [-0.05, 0) is 18.2 Å². The normalized spacial score (nSPS) is 15.1. The number of halogens is 2. The molecule has 0 saturated heterocycles. The maximum absolute atomic E-state index is 12.2. The van der Waals surface area contributed by atoms with Gasteiger partial charge in [0.05, 0.1) is 15.6 Å². The molecule has 0 atom stereocenters. The van der Waals surface area contributed by atoms with Crippen molar-refractivity contribution in [1.29, 1.82) is 0 Å². The Labute approximate surface area is 133 Å². The zero-order chi connectivity index (χ0) is 15.1. The number of hydrogen-bond acceptors (Lipinski definition) is 3. The Morgan fingerprint density at radius 3 is 2.71 bits per heavy atom. The van der Waals surface area contributed by atoms with E-state index in [1.165, 1.54) is 17.4 Å². The summed E-state index contributed by atoms with van der Waals surface area (Å²) in [6, 6.07) is 6.43. The van der Waals surface area contributed by atoms with Crippen molar-refractivity contribution in [2.75, 3.05) is 5.32 Å². The van der Waals surface area contributed by atoms with E-state index in [9.17, 15) is 9.59 Å². The van der Waals surface area contributed by atoms with E-state index in [0.29, 0.717) is 36.6 Å². The number of amides is 1. The molecule has 0 radical (unpaired) electrons. The van der Waals surface area contributed by atoms with Crippen molar-refractivity contribution >= 4 is 57.7 Å². The minimum absolute atomic E-state index is 0.342. The van der Waals surface area contributed by atoms with Crippen LogP contribution in [0.3, 0.4) is 0 Å². The monoisotopic (exact) mass is 339 g/mol. The van der Waals surface area contributed by atoms with E-state index < -0.39 is 5.97 Å². The van der Waals surface area contributed by atoms with Crippen LogP contribution in [0.4, 0.5) is 5.69 Å². The molecule has 0 unspecified atom stereocenters. The Morgan fingerprint density at radius 1 is 1.24 bits per heavy atom. The third-order valence-electron chi connectivity index (χ3n) is 2.98. The Morgan fingerprint density at radius 2 is 2.00 bits per heavy atom. The molecule has 0 spiro atoms. The van der Waals surface area contributed by atoms with Crippen LogP contribution in [-0.2, 0) is 4.79 Å². The lowest BCUT2D eigenvalue weighted by Gasteiger charge is -2.09. The van der Waals surface area contributed by atoms with Gasteiger partial charge in [-0.1, -0.05) is 29.3 Å². The van der Waals surface area contributed by atoms with E-state index in [0.717, 1.165) is 6.08 Å². The van der Waals surface area contributed by atoms with Crippen molar-refractivity contribution in [2.45, 2.75) is 0 Å². The average molecular weight is 340 g/mol. The highest BCUT2D eigenvalue weighted by molar-refractivity contribution is 7.17. The van der Waals surface area contributed by atoms with E-state index in [4.69, 9.17) is 28.3 Å². The summed E-state index contributed by atoms with van der Waals surface area (Å²) >= 11 is 13.1. The van der Waals surface area contributed by atoms with E-state index in [-0.39, 0.29) is 5.91 Å². The van der Waals surface area contributed by atoms with Gasteiger partial charge in [0.25, 0.3) is 5.91 Å². The summed E-state index contributed by atoms with van der Waals surface area (Å²) < 4.78 is 0.420. The van der Waals surface area contributed by atoms with Crippen LogP contribution >= 0.6 is 34.5 Å². The number of benzene rings is 1. The topological polar surface area (TPSA) is 66.4 Å². The van der Waals surface area contributed by atoms with E-state index in [2.05, 4.69) is 5.32 Å². The maximum atomic E-state index is 12.2. The number of thiophene rings is 1. The molecule has 21 heavy (non-hydrogen) atoms. The number of anilines is 1. The number of hydrogen-bond donors (Lipinski definition) is 2. The van der Waals surface area contributed by atoms with Gasteiger partial charge in [0.1, 0.15) is 0 Å². The summed E-state index contributed by atoms with van der Waals surface area (Å²) in [6.07, 6.45) is 1.07. The molecule has 0 fully saturated rings. The number of carboxylic acid groups (broad SMARTS) is 1. The van der Waals surface area contributed by atoms with Crippen LogP contribution in [0, 0.1) is 0 Å². The first-order valence-electron chi connectivity index (χ1n) is 5.81. The highest BCUT2D eigenvalue weighted by Gasteiger charge is 2.26. The maximum Gasteiger partial charge on any atom is 0.328 e. The average Bonchev–Trinajstić information content (AvgIpc) is 2.74. The Balaban J connectivity index is 2.34. The summed E-state index contributed by atoms with van der Waals surface area (Å²) in [4.78, 5) is 23.9. The largest absolute Gasteiger partial charge is 0.478 e. The molecule has 1 amide bonds. The molecule has 2 heterocycles. The molecule has 2 N–H and O–H groups in total. The van der Waals surface area contributed by atoms with Crippen LogP contribution in [-0.4, -0.2) is 17.0 Å². The molecular weight excluding hydrogens is 333 g/mol. The number of fused-ring (bicyclic) bond motifs is 2. The zero-order valence-corrected chi connectivity index (χ0v) is 12.6. The lowest BCUT2D eigenvalue weighted by Crippen LogP contribution is -2.10. The Bertz CT molecular complexity index is 811. The van der Waals surface area contributed by atoms with Gasteiger partial charge >= 0.3 is 5.97 Å². The van der Waals surface area contributed by atoms with Crippen LogP contribution < -0.4 is 5.32 Å². The van der Waals surface area contributed by atoms with Crippen LogP contribution in [0.25, 0.3) is 5.57 Å². The second kappa shape index (κ2) is 5.18. The fourth-order valence-corrected chi connectivity index (χ4v) is 3.59. The van der Waals surface area contributed by atoms with Gasteiger partial charge in [-0.3, -0.25) is 4.79 Å². The smallest absolute Gasteiger partial charge is 0.328 e. The molecule has 1 aliphatic heterocycles. The molecule has 7 heteroatoms. The first-order chi connectivity index (χ1) is 9.95. The predicted octanol–water partition coefficient (Wildman–Crippen LogP) is 4.14. The molecule has 4 nitrogen and oxygen atoms in total. The number of carboxylic acids is 1. The molecule has 3 rings (SSSR count). The van der Waals surface area contributed by atoms with Crippen molar-refractivity contribution in [3.63, 3.8) is 0 Å². The van der Waals surface area contributed by atoms with Gasteiger partial charge in [0.2, 0.25) is 0 Å². The van der Waals surface area contributed by atoms with E-state index in [1.807, 2.05) is 0 Å². The van der Waals surface area contributed by atoms with Crippen molar-refractivity contribution in [1.82, 2.24) is 0 Å². The van der Waals surface area contributed by atoms with Crippen LogP contribution in [0.2, 0.25) is 9.36 Å². The number of carbonyl (C=O) groups excluding carboxylic acids is 1. The van der Waals surface area contributed by atoms with Crippen molar-refractivity contribution in [3.05, 3.63) is 55.7 Å². The number of nitrogens with one attached hydrogen (secondary N) is 1. The second-order valence-electron chi connectivity index (χ2n) is 4.33. The molecule has 106 valence electrons. The lowest BCUT2D eigenvalue weighted by atomic mass is 10.0. The highest BCUT2D eigenvalue weighted by Crippen LogP contribution is 2.41. The quantitative estimate of drug-likeness (QED) is 0.767. The molecule has 1 aromatic heterocycles. The lowest BCUT2D eigenvalue weighted by molar-refractivity contribution is -0.131. The van der Waals surface area contributed by atoms with Gasteiger partial charge in [0.15, 0.2) is 0 Å². The van der Waals surface area contributed by atoms with Gasteiger partial charge < -0.3 is 10.4 Å². The Kier molecular flexibility index (Phi) is 3.49. The van der Waals surface area contributed by atoms with Gasteiger partial charge in [-0.25, -0.2) is 4.79 Å². The Hall–Kier alpha value is -1.82. The van der Waals surface area contributed by atoms with Crippen LogP contribution in [0.5, 0.6) is 0 Å². The van der Waals surface area contributed by atoms with Gasteiger partial charge in [-0.2, -0.15) is 0 Å². The summed E-state index contributed by atoms with van der Waals surface area (Å²) in [6.45, 7) is 0. The SMILES string of the molecule is O=C(O)C=C1c2ccc(Cl)cc2NC(=O)c2cc(Cl)sc21. The molecule has 0 bridgehead atoms. The standard InChI is InChI=1S/C14H7Cl2NO3S/c15-6-1-2-7-8(5-12(18)19)13-9(4-11(16)21-13)14(20)17-10(7)3-6/h1-5H,(H,17,20)(H,18,19). The minimum atomic E-state index is -1.10. The summed E-state index contributed by atoms with van der Waals surface area (Å²) in [7, 11) is 0. The first kappa shape index (κ1) is 14.1. The van der Waals surface area contributed by atoms with Gasteiger partial charge in [0, 0.05) is 27.1 Å².